The number of hydrogen-bond acceptors (Lipinski definition) is 5. The van der Waals surface area contributed by atoms with Crippen LogP contribution in [0, 0.1) is 5.92 Å². The highest BCUT2D eigenvalue weighted by atomic mass is 16.6. The molecule has 1 fully saturated rings. The first-order chi connectivity index (χ1) is 12.0. The Morgan fingerprint density at radius 3 is 2.48 bits per heavy atom. The maximum atomic E-state index is 12.5. The maximum absolute atomic E-state index is 12.5. The number of nitrogens with one attached hydrogen (secondary N) is 1. The standard InChI is InChI=1S/C18H15NO6/c20-14-8-11(6-7-12(14)18(23)24)19-17(22)13-9-15(21)25-16(13)10-4-2-1-3-5-10/h1-8,13,16,20H,9H2,(H,19,22)(H,23,24)/t13-,16-/m0/s1. The van der Waals surface area contributed by atoms with Gasteiger partial charge in [-0.05, 0) is 17.7 Å². The Bertz CT molecular complexity index is 833. The molecule has 1 saturated heterocycles. The second-order valence-corrected chi connectivity index (χ2v) is 5.66. The Hall–Kier alpha value is -3.35. The van der Waals surface area contributed by atoms with Gasteiger partial charge in [-0.3, -0.25) is 9.59 Å². The predicted molar refractivity (Wildman–Crippen MR) is 87.1 cm³/mol. The summed E-state index contributed by atoms with van der Waals surface area (Å²) in [4.78, 5) is 35.1. The smallest absolute Gasteiger partial charge is 0.339 e. The first kappa shape index (κ1) is 16.5. The zero-order valence-corrected chi connectivity index (χ0v) is 13.0. The normalized spacial score (nSPS) is 19.3. The van der Waals surface area contributed by atoms with Crippen LogP contribution in [0.4, 0.5) is 5.69 Å². The van der Waals surface area contributed by atoms with Gasteiger partial charge < -0.3 is 20.3 Å². The molecule has 0 saturated carbocycles. The van der Waals surface area contributed by atoms with Crippen molar-refractivity contribution >= 4 is 23.5 Å². The summed E-state index contributed by atoms with van der Waals surface area (Å²) in [5.74, 6) is -3.34. The van der Waals surface area contributed by atoms with E-state index < -0.39 is 35.6 Å². The molecule has 2 atom stereocenters. The van der Waals surface area contributed by atoms with Crippen LogP contribution in [0.25, 0.3) is 0 Å². The van der Waals surface area contributed by atoms with Gasteiger partial charge in [0.1, 0.15) is 17.4 Å². The van der Waals surface area contributed by atoms with Gasteiger partial charge in [-0.15, -0.1) is 0 Å². The molecule has 1 heterocycles. The second-order valence-electron chi connectivity index (χ2n) is 5.66. The van der Waals surface area contributed by atoms with Gasteiger partial charge in [0.05, 0.1) is 12.3 Å². The number of phenols is 1. The summed E-state index contributed by atoms with van der Waals surface area (Å²) in [5, 5.41) is 21.2. The Morgan fingerprint density at radius 2 is 1.84 bits per heavy atom. The molecular weight excluding hydrogens is 326 g/mol. The van der Waals surface area contributed by atoms with E-state index in [0.29, 0.717) is 0 Å². The molecule has 1 amide bonds. The van der Waals surface area contributed by atoms with E-state index in [9.17, 15) is 19.5 Å². The van der Waals surface area contributed by atoms with Crippen LogP contribution < -0.4 is 5.32 Å². The van der Waals surface area contributed by atoms with Crippen LogP contribution >= 0.6 is 0 Å². The molecule has 25 heavy (non-hydrogen) atoms. The second kappa shape index (κ2) is 6.64. The zero-order valence-electron chi connectivity index (χ0n) is 13.0. The molecule has 0 radical (unpaired) electrons. The molecule has 2 aromatic rings. The van der Waals surface area contributed by atoms with Crippen molar-refractivity contribution in [3.05, 3.63) is 59.7 Å². The van der Waals surface area contributed by atoms with Crippen LogP contribution in [0.5, 0.6) is 5.75 Å². The van der Waals surface area contributed by atoms with Crippen LogP contribution in [-0.4, -0.2) is 28.1 Å². The number of aromatic hydroxyl groups is 1. The average Bonchev–Trinajstić information content (AvgIpc) is 2.97. The lowest BCUT2D eigenvalue weighted by atomic mass is 9.94. The number of cyclic esters (lactones) is 1. The van der Waals surface area contributed by atoms with Crippen molar-refractivity contribution in [1.29, 1.82) is 0 Å². The monoisotopic (exact) mass is 341 g/mol. The summed E-state index contributed by atoms with van der Waals surface area (Å²) in [7, 11) is 0. The highest BCUT2D eigenvalue weighted by molar-refractivity contribution is 5.97. The molecular formula is C18H15NO6. The van der Waals surface area contributed by atoms with E-state index in [1.54, 1.807) is 24.3 Å². The summed E-state index contributed by atoms with van der Waals surface area (Å²) in [6.45, 7) is 0. The molecule has 7 heteroatoms. The predicted octanol–water partition coefficient (Wildman–Crippen LogP) is 2.33. The molecule has 7 nitrogen and oxygen atoms in total. The maximum Gasteiger partial charge on any atom is 0.339 e. The minimum atomic E-state index is -1.27. The van der Waals surface area contributed by atoms with Crippen molar-refractivity contribution in [2.24, 2.45) is 5.92 Å². The van der Waals surface area contributed by atoms with E-state index in [1.165, 1.54) is 12.1 Å². The molecule has 0 aliphatic carbocycles. The van der Waals surface area contributed by atoms with Crippen molar-refractivity contribution in [2.75, 3.05) is 5.32 Å². The molecule has 2 aromatic carbocycles. The highest BCUT2D eigenvalue weighted by Crippen LogP contribution is 2.36. The Kier molecular flexibility index (Phi) is 4.38. The fourth-order valence-electron chi connectivity index (χ4n) is 2.76. The van der Waals surface area contributed by atoms with Gasteiger partial charge in [-0.25, -0.2) is 4.79 Å². The summed E-state index contributed by atoms with van der Waals surface area (Å²) < 4.78 is 5.27. The third-order valence-corrected chi connectivity index (χ3v) is 3.97. The molecule has 0 spiro atoms. The van der Waals surface area contributed by atoms with Crippen LogP contribution in [-0.2, 0) is 14.3 Å². The SMILES string of the molecule is O=C1C[C@H](C(=O)Nc2ccc(C(=O)O)c(O)c2)[C@H](c2ccccc2)O1. The lowest BCUT2D eigenvalue weighted by Crippen LogP contribution is -2.25. The van der Waals surface area contributed by atoms with E-state index in [0.717, 1.165) is 11.6 Å². The van der Waals surface area contributed by atoms with Crippen molar-refractivity contribution in [3.63, 3.8) is 0 Å². The highest BCUT2D eigenvalue weighted by Gasteiger charge is 2.40. The number of ether oxygens (including phenoxy) is 1. The van der Waals surface area contributed by atoms with Gasteiger partial charge in [0, 0.05) is 11.8 Å². The molecule has 3 rings (SSSR count). The number of aromatic carboxylic acids is 1. The van der Waals surface area contributed by atoms with Gasteiger partial charge in [0.2, 0.25) is 5.91 Å². The summed E-state index contributed by atoms with van der Waals surface area (Å²) in [6.07, 6.45) is -0.731. The number of carbonyl (C=O) groups is 3. The number of amides is 1. The average molecular weight is 341 g/mol. The van der Waals surface area contributed by atoms with E-state index >= 15 is 0 Å². The van der Waals surface area contributed by atoms with Crippen molar-refractivity contribution in [2.45, 2.75) is 12.5 Å². The first-order valence-electron chi connectivity index (χ1n) is 7.57. The zero-order chi connectivity index (χ0) is 18.0. The third kappa shape index (κ3) is 3.45. The summed E-state index contributed by atoms with van der Waals surface area (Å²) in [6, 6.07) is 12.7. The molecule has 3 N–H and O–H groups in total. The largest absolute Gasteiger partial charge is 0.507 e. The van der Waals surface area contributed by atoms with Crippen LogP contribution in [0.15, 0.2) is 48.5 Å². The van der Waals surface area contributed by atoms with Gasteiger partial charge in [-0.2, -0.15) is 0 Å². The van der Waals surface area contributed by atoms with E-state index in [2.05, 4.69) is 5.32 Å². The molecule has 1 aliphatic rings. The van der Waals surface area contributed by atoms with Crippen LogP contribution in [0.1, 0.15) is 28.4 Å². The fourth-order valence-corrected chi connectivity index (χ4v) is 2.76. The summed E-state index contributed by atoms with van der Waals surface area (Å²) in [5.41, 5.74) is 0.691. The van der Waals surface area contributed by atoms with Crippen LogP contribution in [0.3, 0.4) is 0 Å². The number of carboxylic acid groups (broad SMARTS) is 1. The first-order valence-corrected chi connectivity index (χ1v) is 7.57. The number of rotatable bonds is 4. The molecule has 0 aromatic heterocycles. The minimum absolute atomic E-state index is 0.0510. The molecule has 0 bridgehead atoms. The molecule has 0 unspecified atom stereocenters. The van der Waals surface area contributed by atoms with Crippen molar-refractivity contribution in [3.8, 4) is 5.75 Å². The third-order valence-electron chi connectivity index (χ3n) is 3.97. The number of hydrogen-bond donors (Lipinski definition) is 3. The van der Waals surface area contributed by atoms with Gasteiger partial charge >= 0.3 is 11.9 Å². The Balaban J connectivity index is 1.79. The van der Waals surface area contributed by atoms with Gasteiger partial charge in [0.15, 0.2) is 0 Å². The minimum Gasteiger partial charge on any atom is -0.507 e. The number of benzene rings is 2. The van der Waals surface area contributed by atoms with Crippen LogP contribution in [0.2, 0.25) is 0 Å². The Morgan fingerprint density at radius 1 is 1.12 bits per heavy atom. The van der Waals surface area contributed by atoms with Gasteiger partial charge in [-0.1, -0.05) is 30.3 Å². The number of anilines is 1. The topological polar surface area (TPSA) is 113 Å². The fraction of sp³-hybridized carbons (Fsp3) is 0.167. The Labute approximate surface area is 142 Å². The van der Waals surface area contributed by atoms with E-state index in [1.807, 2.05) is 6.07 Å². The molecule has 128 valence electrons. The lowest BCUT2D eigenvalue weighted by molar-refractivity contribution is -0.141. The quantitative estimate of drug-likeness (QED) is 0.736. The number of esters is 1. The number of carbonyl (C=O) groups excluding carboxylic acids is 2. The number of carboxylic acids is 1. The molecule has 1 aliphatic heterocycles. The van der Waals surface area contributed by atoms with Gasteiger partial charge in [0.25, 0.3) is 0 Å². The van der Waals surface area contributed by atoms with Crippen molar-refractivity contribution in [1.82, 2.24) is 0 Å². The van der Waals surface area contributed by atoms with Crippen molar-refractivity contribution < 1.29 is 29.3 Å². The lowest BCUT2D eigenvalue weighted by Gasteiger charge is -2.17. The van der Waals surface area contributed by atoms with E-state index in [4.69, 9.17) is 9.84 Å². The van der Waals surface area contributed by atoms with E-state index in [-0.39, 0.29) is 17.7 Å². The summed E-state index contributed by atoms with van der Waals surface area (Å²) >= 11 is 0.